The SMILES string of the molecule is O=S(=O)(Cc1cccc(C(F)(F)F)c1)Nc1nc2ccc(Cl)cc2s1. The molecule has 0 saturated heterocycles. The Morgan fingerprint density at radius 3 is 2.64 bits per heavy atom. The fourth-order valence-electron chi connectivity index (χ4n) is 2.17. The van der Waals surface area contributed by atoms with E-state index in [-0.39, 0.29) is 10.7 Å². The predicted octanol–water partition coefficient (Wildman–Crippen LogP) is 4.91. The first-order chi connectivity index (χ1) is 11.6. The number of halogens is 4. The summed E-state index contributed by atoms with van der Waals surface area (Å²) in [6.45, 7) is 0. The van der Waals surface area contributed by atoms with Gasteiger partial charge in [-0.3, -0.25) is 4.72 Å². The van der Waals surface area contributed by atoms with Crippen molar-refractivity contribution in [2.24, 2.45) is 0 Å². The zero-order valence-corrected chi connectivity index (χ0v) is 14.7. The van der Waals surface area contributed by atoms with Gasteiger partial charge in [0.05, 0.1) is 21.5 Å². The molecule has 1 aromatic heterocycles. The normalized spacial score (nSPS) is 12.5. The molecule has 25 heavy (non-hydrogen) atoms. The zero-order chi connectivity index (χ0) is 18.2. The first-order valence-electron chi connectivity index (χ1n) is 6.85. The van der Waals surface area contributed by atoms with Crippen LogP contribution in [0.15, 0.2) is 42.5 Å². The molecule has 3 aromatic rings. The minimum absolute atomic E-state index is 0.0338. The summed E-state index contributed by atoms with van der Waals surface area (Å²) < 4.78 is 65.6. The first-order valence-corrected chi connectivity index (χ1v) is 9.70. The molecule has 0 amide bonds. The fourth-order valence-corrected chi connectivity index (χ4v) is 4.71. The molecule has 0 fully saturated rings. The molecule has 0 aliphatic carbocycles. The van der Waals surface area contributed by atoms with Crippen LogP contribution in [0.25, 0.3) is 10.2 Å². The summed E-state index contributed by atoms with van der Waals surface area (Å²) in [4.78, 5) is 4.13. The number of hydrogen-bond donors (Lipinski definition) is 1. The number of hydrogen-bond acceptors (Lipinski definition) is 4. The molecular formula is C15H10ClF3N2O2S2. The van der Waals surface area contributed by atoms with Crippen molar-refractivity contribution < 1.29 is 21.6 Å². The van der Waals surface area contributed by atoms with Crippen molar-refractivity contribution in [1.29, 1.82) is 0 Å². The quantitative estimate of drug-likeness (QED) is 0.669. The number of nitrogens with zero attached hydrogens (tertiary/aromatic N) is 1. The van der Waals surface area contributed by atoms with E-state index in [2.05, 4.69) is 9.71 Å². The Morgan fingerprint density at radius 1 is 1.16 bits per heavy atom. The van der Waals surface area contributed by atoms with Crippen LogP contribution in [0.4, 0.5) is 18.3 Å². The van der Waals surface area contributed by atoms with E-state index in [9.17, 15) is 21.6 Å². The Morgan fingerprint density at radius 2 is 1.92 bits per heavy atom. The van der Waals surface area contributed by atoms with Gasteiger partial charge in [0.2, 0.25) is 10.0 Å². The van der Waals surface area contributed by atoms with E-state index < -0.39 is 27.5 Å². The lowest BCUT2D eigenvalue weighted by molar-refractivity contribution is -0.137. The number of rotatable bonds is 4. The Hall–Kier alpha value is -1.84. The molecule has 10 heteroatoms. The van der Waals surface area contributed by atoms with Crippen molar-refractivity contribution in [2.45, 2.75) is 11.9 Å². The van der Waals surface area contributed by atoms with Gasteiger partial charge in [0, 0.05) is 5.02 Å². The number of aromatic nitrogens is 1. The zero-order valence-electron chi connectivity index (χ0n) is 12.3. The highest BCUT2D eigenvalue weighted by atomic mass is 35.5. The van der Waals surface area contributed by atoms with Gasteiger partial charge in [-0.15, -0.1) is 0 Å². The van der Waals surface area contributed by atoms with Gasteiger partial charge in [-0.2, -0.15) is 13.2 Å². The third-order valence-corrected chi connectivity index (χ3v) is 5.72. The van der Waals surface area contributed by atoms with E-state index >= 15 is 0 Å². The Kier molecular flexibility index (Phi) is 4.65. The van der Waals surface area contributed by atoms with Gasteiger partial charge in [-0.05, 0) is 29.8 Å². The van der Waals surface area contributed by atoms with Gasteiger partial charge in [0.15, 0.2) is 5.13 Å². The number of alkyl halides is 3. The van der Waals surface area contributed by atoms with E-state index in [1.807, 2.05) is 0 Å². The number of fused-ring (bicyclic) bond motifs is 1. The van der Waals surface area contributed by atoms with E-state index in [1.165, 1.54) is 12.1 Å². The van der Waals surface area contributed by atoms with Crippen LogP contribution >= 0.6 is 22.9 Å². The number of thiazole rings is 1. The van der Waals surface area contributed by atoms with E-state index in [0.29, 0.717) is 15.2 Å². The molecule has 0 atom stereocenters. The molecule has 0 aliphatic heterocycles. The van der Waals surface area contributed by atoms with Crippen molar-refractivity contribution in [3.05, 3.63) is 58.6 Å². The van der Waals surface area contributed by atoms with Crippen molar-refractivity contribution >= 4 is 48.3 Å². The van der Waals surface area contributed by atoms with Gasteiger partial charge in [-0.25, -0.2) is 13.4 Å². The molecule has 2 aromatic carbocycles. The molecule has 0 unspecified atom stereocenters. The molecule has 0 radical (unpaired) electrons. The van der Waals surface area contributed by atoms with Crippen LogP contribution in [-0.4, -0.2) is 13.4 Å². The van der Waals surface area contributed by atoms with Crippen molar-refractivity contribution in [3.8, 4) is 0 Å². The number of benzene rings is 2. The summed E-state index contributed by atoms with van der Waals surface area (Å²) in [6.07, 6.45) is -4.53. The van der Waals surface area contributed by atoms with Crippen LogP contribution in [0, 0.1) is 0 Å². The van der Waals surface area contributed by atoms with Gasteiger partial charge in [0.1, 0.15) is 0 Å². The molecule has 1 N–H and O–H groups in total. The standard InChI is InChI=1S/C15H10ClF3N2O2S2/c16-11-4-5-12-13(7-11)24-14(20-12)21-25(22,23)8-9-2-1-3-10(6-9)15(17,18)19/h1-7H,8H2,(H,20,21). The molecule has 0 aliphatic rings. The summed E-state index contributed by atoms with van der Waals surface area (Å²) >= 11 is 6.96. The summed E-state index contributed by atoms with van der Waals surface area (Å²) in [5.74, 6) is -0.590. The average molecular weight is 407 g/mol. The Labute approximate surface area is 150 Å². The van der Waals surface area contributed by atoms with Crippen molar-refractivity contribution in [2.75, 3.05) is 4.72 Å². The number of anilines is 1. The van der Waals surface area contributed by atoms with Crippen LogP contribution in [0.2, 0.25) is 5.02 Å². The molecule has 3 rings (SSSR count). The monoisotopic (exact) mass is 406 g/mol. The van der Waals surface area contributed by atoms with Crippen LogP contribution in [0.5, 0.6) is 0 Å². The molecule has 1 heterocycles. The second-order valence-corrected chi connectivity index (χ2v) is 8.38. The van der Waals surface area contributed by atoms with Crippen molar-refractivity contribution in [1.82, 2.24) is 4.98 Å². The maximum absolute atomic E-state index is 12.7. The van der Waals surface area contributed by atoms with Gasteiger partial charge < -0.3 is 0 Å². The summed E-state index contributed by atoms with van der Waals surface area (Å²) in [5.41, 5.74) is -0.285. The van der Waals surface area contributed by atoms with E-state index in [4.69, 9.17) is 11.6 Å². The van der Waals surface area contributed by atoms with Crippen LogP contribution < -0.4 is 4.72 Å². The maximum Gasteiger partial charge on any atom is 0.416 e. The molecule has 0 spiro atoms. The second-order valence-electron chi connectivity index (χ2n) is 5.19. The average Bonchev–Trinajstić information content (AvgIpc) is 2.86. The van der Waals surface area contributed by atoms with E-state index in [1.54, 1.807) is 18.2 Å². The number of sulfonamides is 1. The summed E-state index contributed by atoms with van der Waals surface area (Å²) in [5, 5.41) is 0.624. The lowest BCUT2D eigenvalue weighted by atomic mass is 10.1. The molecule has 0 bridgehead atoms. The Bertz CT molecular complexity index is 1030. The fraction of sp³-hybridized carbons (Fsp3) is 0.133. The first kappa shape index (κ1) is 18.0. The number of nitrogens with one attached hydrogen (secondary N) is 1. The minimum atomic E-state index is -4.53. The van der Waals surface area contributed by atoms with Crippen LogP contribution in [0.1, 0.15) is 11.1 Å². The molecule has 132 valence electrons. The largest absolute Gasteiger partial charge is 0.416 e. The smallest absolute Gasteiger partial charge is 0.258 e. The summed E-state index contributed by atoms with van der Waals surface area (Å²) in [6, 6.07) is 9.14. The highest BCUT2D eigenvalue weighted by Crippen LogP contribution is 2.31. The lowest BCUT2D eigenvalue weighted by Crippen LogP contribution is -2.15. The van der Waals surface area contributed by atoms with Crippen molar-refractivity contribution in [3.63, 3.8) is 0 Å². The second kappa shape index (κ2) is 6.47. The summed E-state index contributed by atoms with van der Waals surface area (Å²) in [7, 11) is -3.91. The third kappa shape index (κ3) is 4.42. The highest BCUT2D eigenvalue weighted by molar-refractivity contribution is 7.92. The molecule has 4 nitrogen and oxygen atoms in total. The van der Waals surface area contributed by atoms with Crippen LogP contribution in [0.3, 0.4) is 0 Å². The van der Waals surface area contributed by atoms with Gasteiger partial charge >= 0.3 is 6.18 Å². The molecular weight excluding hydrogens is 397 g/mol. The van der Waals surface area contributed by atoms with E-state index in [0.717, 1.165) is 23.5 Å². The predicted molar refractivity (Wildman–Crippen MR) is 92.3 cm³/mol. The highest BCUT2D eigenvalue weighted by Gasteiger charge is 2.30. The molecule has 0 saturated carbocycles. The van der Waals surface area contributed by atoms with Gasteiger partial charge in [-0.1, -0.05) is 41.1 Å². The topological polar surface area (TPSA) is 59.1 Å². The Balaban J connectivity index is 1.82. The van der Waals surface area contributed by atoms with Crippen LogP contribution in [-0.2, 0) is 22.0 Å². The maximum atomic E-state index is 12.7. The third-order valence-electron chi connectivity index (χ3n) is 3.20. The van der Waals surface area contributed by atoms with Gasteiger partial charge in [0.25, 0.3) is 0 Å². The minimum Gasteiger partial charge on any atom is -0.258 e. The lowest BCUT2D eigenvalue weighted by Gasteiger charge is -2.09.